The molecule has 1 saturated heterocycles. The van der Waals surface area contributed by atoms with Crippen molar-refractivity contribution in [3.05, 3.63) is 0 Å². The van der Waals surface area contributed by atoms with Gasteiger partial charge in [-0.15, -0.1) is 0 Å². The van der Waals surface area contributed by atoms with Gasteiger partial charge in [0, 0.05) is 19.0 Å². The molecule has 1 atom stereocenters. The molecule has 2 rings (SSSR count). The van der Waals surface area contributed by atoms with Gasteiger partial charge >= 0.3 is 0 Å². The van der Waals surface area contributed by atoms with Gasteiger partial charge in [-0.2, -0.15) is 0 Å². The Morgan fingerprint density at radius 1 is 1.16 bits per heavy atom. The summed E-state index contributed by atoms with van der Waals surface area (Å²) in [5.74, 6) is 0.517. The van der Waals surface area contributed by atoms with Crippen LogP contribution in [0.2, 0.25) is 0 Å². The van der Waals surface area contributed by atoms with Gasteiger partial charge in [0.05, 0.1) is 0 Å². The van der Waals surface area contributed by atoms with E-state index < -0.39 is 0 Å². The Bertz CT molecular complexity index is 287. The molecule has 1 aliphatic carbocycles. The largest absolute Gasteiger partial charge is 0.342 e. The van der Waals surface area contributed by atoms with Gasteiger partial charge in [0.1, 0.15) is 0 Å². The molecule has 0 aromatic carbocycles. The number of carbonyl (C=O) groups is 1. The molecule has 0 bridgehead atoms. The van der Waals surface area contributed by atoms with Crippen LogP contribution in [0.1, 0.15) is 64.7 Å². The van der Waals surface area contributed by atoms with Crippen molar-refractivity contribution < 1.29 is 4.79 Å². The fourth-order valence-corrected chi connectivity index (χ4v) is 3.86. The summed E-state index contributed by atoms with van der Waals surface area (Å²) in [6.45, 7) is 4.74. The molecule has 2 fully saturated rings. The van der Waals surface area contributed by atoms with E-state index in [1.807, 2.05) is 0 Å². The Kier molecular flexibility index (Phi) is 5.26. The zero-order chi connectivity index (χ0) is 13.7. The number of hydrogen-bond donors (Lipinski definition) is 1. The van der Waals surface area contributed by atoms with Gasteiger partial charge in [0.15, 0.2) is 0 Å². The first-order valence-electron chi connectivity index (χ1n) is 8.16. The van der Waals surface area contributed by atoms with Gasteiger partial charge in [-0.1, -0.05) is 26.2 Å². The zero-order valence-electron chi connectivity index (χ0n) is 12.5. The van der Waals surface area contributed by atoms with E-state index in [0.717, 1.165) is 25.9 Å². The summed E-state index contributed by atoms with van der Waals surface area (Å²) in [4.78, 5) is 14.5. The molecule has 2 aliphatic rings. The van der Waals surface area contributed by atoms with Gasteiger partial charge in [0.2, 0.25) is 5.91 Å². The van der Waals surface area contributed by atoms with Crippen molar-refractivity contribution in [2.45, 2.75) is 64.7 Å². The van der Waals surface area contributed by atoms with E-state index in [4.69, 9.17) is 5.73 Å². The Morgan fingerprint density at radius 3 is 2.37 bits per heavy atom. The first-order chi connectivity index (χ1) is 9.17. The predicted molar refractivity (Wildman–Crippen MR) is 78.8 cm³/mol. The third-order valence-corrected chi connectivity index (χ3v) is 5.31. The molecule has 19 heavy (non-hydrogen) atoms. The zero-order valence-corrected chi connectivity index (χ0v) is 12.5. The maximum absolute atomic E-state index is 12.4. The van der Waals surface area contributed by atoms with Crippen molar-refractivity contribution in [2.24, 2.45) is 17.1 Å². The van der Waals surface area contributed by atoms with Crippen molar-refractivity contribution >= 4 is 5.91 Å². The van der Waals surface area contributed by atoms with E-state index in [1.165, 1.54) is 44.9 Å². The van der Waals surface area contributed by atoms with Crippen molar-refractivity contribution in [3.8, 4) is 0 Å². The predicted octanol–water partition coefficient (Wildman–Crippen LogP) is 2.93. The summed E-state index contributed by atoms with van der Waals surface area (Å²) in [6, 6.07) is 0. The highest BCUT2D eigenvalue weighted by atomic mass is 16.2. The lowest BCUT2D eigenvalue weighted by atomic mass is 9.68. The van der Waals surface area contributed by atoms with Crippen LogP contribution in [0.15, 0.2) is 0 Å². The van der Waals surface area contributed by atoms with Crippen molar-refractivity contribution in [1.29, 1.82) is 0 Å². The fourth-order valence-electron chi connectivity index (χ4n) is 3.86. The lowest BCUT2D eigenvalue weighted by Crippen LogP contribution is -2.45. The van der Waals surface area contributed by atoms with E-state index in [1.54, 1.807) is 0 Å². The van der Waals surface area contributed by atoms with Gasteiger partial charge in [-0.3, -0.25) is 4.79 Å². The van der Waals surface area contributed by atoms with Crippen LogP contribution in [-0.4, -0.2) is 30.4 Å². The maximum atomic E-state index is 12.4. The first kappa shape index (κ1) is 14.8. The quantitative estimate of drug-likeness (QED) is 0.850. The van der Waals surface area contributed by atoms with Gasteiger partial charge in [-0.05, 0) is 50.5 Å². The van der Waals surface area contributed by atoms with E-state index in [0.29, 0.717) is 17.9 Å². The normalized spacial score (nSPS) is 24.4. The first-order valence-corrected chi connectivity index (χ1v) is 8.16. The summed E-state index contributed by atoms with van der Waals surface area (Å²) < 4.78 is 0. The monoisotopic (exact) mass is 266 g/mol. The van der Waals surface area contributed by atoms with E-state index in [9.17, 15) is 4.79 Å². The number of hydrogen-bond acceptors (Lipinski definition) is 2. The van der Waals surface area contributed by atoms with Gasteiger partial charge in [0.25, 0.3) is 0 Å². The van der Waals surface area contributed by atoms with E-state index in [2.05, 4.69) is 11.8 Å². The van der Waals surface area contributed by atoms with Gasteiger partial charge < -0.3 is 10.6 Å². The molecule has 1 spiro atoms. The molecule has 3 nitrogen and oxygen atoms in total. The number of rotatable bonds is 4. The summed E-state index contributed by atoms with van der Waals surface area (Å²) in [6.07, 6.45) is 11.4. The van der Waals surface area contributed by atoms with Crippen LogP contribution in [0.4, 0.5) is 0 Å². The van der Waals surface area contributed by atoms with Crippen LogP contribution in [0.25, 0.3) is 0 Å². The summed E-state index contributed by atoms with van der Waals surface area (Å²) in [5, 5.41) is 0. The van der Waals surface area contributed by atoms with Crippen LogP contribution in [-0.2, 0) is 4.79 Å². The second-order valence-electron chi connectivity index (χ2n) is 6.72. The van der Waals surface area contributed by atoms with Crippen LogP contribution >= 0.6 is 0 Å². The number of piperidine rings is 1. The summed E-state index contributed by atoms with van der Waals surface area (Å²) >= 11 is 0. The molecule has 2 N–H and O–H groups in total. The molecule has 1 unspecified atom stereocenters. The van der Waals surface area contributed by atoms with Crippen molar-refractivity contribution in [2.75, 3.05) is 19.6 Å². The molecule has 1 saturated carbocycles. The maximum Gasteiger partial charge on any atom is 0.225 e. The van der Waals surface area contributed by atoms with Crippen molar-refractivity contribution in [3.63, 3.8) is 0 Å². The SMILES string of the molecule is CC(CCCN)C(=O)N1CCC2(CCCCC2)CC1. The highest BCUT2D eigenvalue weighted by Gasteiger charge is 2.37. The molecule has 1 heterocycles. The minimum Gasteiger partial charge on any atom is -0.342 e. The minimum absolute atomic E-state index is 0.156. The lowest BCUT2D eigenvalue weighted by molar-refractivity contribution is -0.138. The number of nitrogens with two attached hydrogens (primary N) is 1. The van der Waals surface area contributed by atoms with Crippen LogP contribution in [0.5, 0.6) is 0 Å². The number of likely N-dealkylation sites (tertiary alicyclic amines) is 1. The third-order valence-electron chi connectivity index (χ3n) is 5.31. The Balaban J connectivity index is 1.80. The van der Waals surface area contributed by atoms with Crippen molar-refractivity contribution in [1.82, 2.24) is 4.90 Å². The smallest absolute Gasteiger partial charge is 0.225 e. The molecule has 0 aromatic rings. The molecule has 0 aromatic heterocycles. The Hall–Kier alpha value is -0.570. The molecule has 3 heteroatoms. The molecular weight excluding hydrogens is 236 g/mol. The number of nitrogens with zero attached hydrogens (tertiary/aromatic N) is 1. The van der Waals surface area contributed by atoms with Crippen LogP contribution in [0.3, 0.4) is 0 Å². The second kappa shape index (κ2) is 6.74. The molecule has 1 amide bonds. The Morgan fingerprint density at radius 2 is 1.79 bits per heavy atom. The molecule has 110 valence electrons. The molecule has 0 radical (unpaired) electrons. The summed E-state index contributed by atoms with van der Waals surface area (Å²) in [7, 11) is 0. The lowest BCUT2D eigenvalue weighted by Gasteiger charge is -2.44. The second-order valence-corrected chi connectivity index (χ2v) is 6.72. The minimum atomic E-state index is 0.156. The fraction of sp³-hybridized carbons (Fsp3) is 0.938. The molecular formula is C16H30N2O. The average molecular weight is 266 g/mol. The van der Waals surface area contributed by atoms with Crippen LogP contribution in [0, 0.1) is 11.3 Å². The van der Waals surface area contributed by atoms with E-state index >= 15 is 0 Å². The number of carbonyl (C=O) groups excluding carboxylic acids is 1. The topological polar surface area (TPSA) is 46.3 Å². The average Bonchev–Trinajstić information content (AvgIpc) is 2.46. The standard InChI is InChI=1S/C16H30N2O/c1-14(6-5-11-17)15(19)18-12-9-16(10-13-18)7-3-2-4-8-16/h14H,2-13,17H2,1H3. The van der Waals surface area contributed by atoms with E-state index in [-0.39, 0.29) is 5.92 Å². The molecule has 1 aliphatic heterocycles. The Labute approximate surface area is 117 Å². The third kappa shape index (κ3) is 3.71. The highest BCUT2D eigenvalue weighted by Crippen LogP contribution is 2.44. The summed E-state index contributed by atoms with van der Waals surface area (Å²) in [5.41, 5.74) is 6.12. The van der Waals surface area contributed by atoms with Gasteiger partial charge in [-0.25, -0.2) is 0 Å². The highest BCUT2D eigenvalue weighted by molar-refractivity contribution is 5.78. The van der Waals surface area contributed by atoms with Crippen LogP contribution < -0.4 is 5.73 Å². The number of amides is 1.